The van der Waals surface area contributed by atoms with Crippen molar-refractivity contribution in [3.05, 3.63) is 287 Å². The fraction of sp³-hybridized carbons (Fsp3) is 0.529. The van der Waals surface area contributed by atoms with Crippen LogP contribution in [-0.2, 0) is 16.2 Å². The maximum absolute atomic E-state index is 3.17. The molecular weight excluding hydrogens is 1850 g/mol. The highest BCUT2D eigenvalue weighted by atomic mass is 28.3. The van der Waals surface area contributed by atoms with Crippen LogP contribution in [0.2, 0.25) is 55.9 Å². The van der Waals surface area contributed by atoms with Crippen LogP contribution in [0.4, 0.5) is 0 Å². The number of hydrogen-bond donors (Lipinski definition) is 0. The largest absolute Gasteiger partial charge is 0.316 e. The van der Waals surface area contributed by atoms with Crippen LogP contribution < -0.4 is 0 Å². The summed E-state index contributed by atoms with van der Waals surface area (Å²) in [5.74, 6) is 5.47. The lowest BCUT2D eigenvalue weighted by Gasteiger charge is -2.56. The topological polar surface area (TPSA) is 24.5 Å². The molecule has 6 saturated carbocycles. The summed E-state index contributed by atoms with van der Waals surface area (Å²) in [6, 6.07) is 78.7. The number of nitrogens with zero attached hydrogens (tertiary/aromatic N) is 6. The molecule has 0 radical (unpaired) electrons. The molecule has 24 rings (SSSR count). The molecule has 0 amide bonds. The molecule has 0 saturated heterocycles. The van der Waals surface area contributed by atoms with E-state index in [1.165, 1.54) is 309 Å². The van der Waals surface area contributed by atoms with Crippen LogP contribution in [-0.4, -0.2) is 86.8 Å². The number of fused-ring (bicyclic) bond motifs is 21. The lowest BCUT2D eigenvalue weighted by atomic mass is 9.68. The van der Waals surface area contributed by atoms with Gasteiger partial charge in [-0.3, -0.25) is 0 Å². The summed E-state index contributed by atoms with van der Waals surface area (Å²) < 4.78 is 17.0. The van der Waals surface area contributed by atoms with E-state index >= 15 is 0 Å². The normalized spacial score (nSPS) is 24.7. The zero-order chi connectivity index (χ0) is 104. The standard InChI is InChI=1S/C49H66N2Si.C48H64N2Si.C43H54N2Si/c1-9-11-28-49(29-12-10-2)43-32-37(50-45-24-18-16-22-39(45)40-23-17-19-25-46(40)50)26-27-38(43)42-31-35-30-34(3)47(41(35)33-44(42)49)52(7,8)51(48(4,5)6)36-20-14-13-15-21-36;1-8-10-29-48(30-11-9-2)42-32-36(49-44-23-17-15-21-38(44)39-22-16-18-24-45(39)49)26-27-37(42)41-31-34-25-28-46(40(34)33-43(41)48)51(6,7)50(47(3,4)5)35-19-13-12-14-20-35;1-28-24-29-25-36-32-23-22-31(44-39-20-14-12-18-33(39)34-19-13-15-21-40(34)44)26-37(32)43(5,6)38(36)27-35(29)41(28)46(7,8)45(42(2,3)4)30-16-10-9-11-17-30/h16-19,22-27,31-36,41,47H,9-15,20-21,28-30H2,1-8H3;15-18,21-24,26-27,31-35,40,46H,8-14,19-20,25,28-30H2,1-7H3;12-15,18-23,25-30,35,41H,9-11,16-17,24H2,1-8H3. The molecular formula is C140H184N6Si3. The van der Waals surface area contributed by atoms with Crippen molar-refractivity contribution in [2.75, 3.05) is 0 Å². The SMILES string of the molecule is CC1CC2C=C3C(=CC2C1[Si](C)(C)N(C1CCCCC1)C(C)(C)C)C(C)(C)c1cc(-n2c4ccccc4c4ccccc42)ccc13.CCCCC1(CCCC)C2=CC3C(C=C2c2ccc(-n4c5ccccc5c5ccccc54)cc21)CC(C)C3[Si](C)(C)N(C1CCCCC1)C(C)(C)C.CCCCC1(CCCC)C2=CC3C(C=C2c2ccc(-n4c5ccccc5c5ccccc54)cc21)CCC3[Si](C)(C)N(C1CCCCC1)C(C)(C)C. The van der Waals surface area contributed by atoms with Gasteiger partial charge >= 0.3 is 0 Å². The van der Waals surface area contributed by atoms with Gasteiger partial charge in [0.15, 0.2) is 0 Å². The summed E-state index contributed by atoms with van der Waals surface area (Å²) in [6.07, 6.45) is 58.8. The van der Waals surface area contributed by atoms with Gasteiger partial charge < -0.3 is 27.4 Å². The Bertz CT molecular complexity index is 7020. The molecule has 9 heteroatoms. The van der Waals surface area contributed by atoms with Crippen molar-refractivity contribution in [3.63, 3.8) is 0 Å². The average Bonchev–Trinajstić information content (AvgIpc) is 1.55. The van der Waals surface area contributed by atoms with Crippen LogP contribution in [0.3, 0.4) is 0 Å². The number of hydrogen-bond acceptors (Lipinski definition) is 3. The first-order valence-electron chi connectivity index (χ1n) is 60.6. The van der Waals surface area contributed by atoms with Gasteiger partial charge in [-0.15, -0.1) is 0 Å². The van der Waals surface area contributed by atoms with Crippen molar-refractivity contribution in [3.8, 4) is 17.1 Å². The first kappa shape index (κ1) is 105. The maximum Gasteiger partial charge on any atom is 0.127 e. The highest BCUT2D eigenvalue weighted by Crippen LogP contribution is 2.68. The predicted octanol–water partition coefficient (Wildman–Crippen LogP) is 39.5. The Hall–Kier alpha value is -8.65. The maximum atomic E-state index is 3.17. The Balaban J connectivity index is 0.000000127. The second kappa shape index (κ2) is 40.6. The van der Waals surface area contributed by atoms with E-state index in [-0.39, 0.29) is 32.9 Å². The lowest BCUT2D eigenvalue weighted by Crippen LogP contribution is -2.65. The summed E-state index contributed by atoms with van der Waals surface area (Å²) in [5, 5.41) is 8.04. The molecule has 12 aromatic rings. The fourth-order valence-electron chi connectivity index (χ4n) is 36.5. The van der Waals surface area contributed by atoms with Crippen LogP contribution >= 0.6 is 0 Å². The van der Waals surface area contributed by atoms with Gasteiger partial charge in [0.2, 0.25) is 0 Å². The molecule has 0 aliphatic heterocycles. The summed E-state index contributed by atoms with van der Waals surface area (Å²) in [7, 11) is -5.45. The summed E-state index contributed by atoms with van der Waals surface area (Å²) in [4.78, 5) is 0. The van der Waals surface area contributed by atoms with E-state index in [2.05, 4.69) is 421 Å². The van der Waals surface area contributed by atoms with E-state index in [1.807, 2.05) is 0 Å². The number of allylic oxidation sites excluding steroid dienone is 12. The second-order valence-electron chi connectivity index (χ2n) is 54.8. The molecule has 9 aromatic carbocycles. The van der Waals surface area contributed by atoms with Gasteiger partial charge in [-0.05, 0) is 349 Å². The summed E-state index contributed by atoms with van der Waals surface area (Å²) >= 11 is 0. The van der Waals surface area contributed by atoms with Crippen LogP contribution in [0.15, 0.2) is 253 Å². The molecule has 0 N–H and O–H groups in total. The molecule has 149 heavy (non-hydrogen) atoms. The summed E-state index contributed by atoms with van der Waals surface area (Å²) in [5.41, 5.74) is 33.9. The first-order valence-corrected chi connectivity index (χ1v) is 69.7. The van der Waals surface area contributed by atoms with Crippen molar-refractivity contribution in [2.45, 2.75) is 424 Å². The minimum absolute atomic E-state index is 0.0178. The molecule has 11 unspecified atom stereocenters. The number of rotatable bonds is 24. The van der Waals surface area contributed by atoms with Crippen molar-refractivity contribution >= 4 is 107 Å². The van der Waals surface area contributed by atoms with Gasteiger partial charge in [0.1, 0.15) is 24.7 Å². The van der Waals surface area contributed by atoms with Crippen LogP contribution in [0.5, 0.6) is 0 Å². The van der Waals surface area contributed by atoms with Crippen molar-refractivity contribution < 1.29 is 0 Å². The molecule has 0 bridgehead atoms. The third-order valence-electron chi connectivity index (χ3n) is 41.2. The van der Waals surface area contributed by atoms with Crippen molar-refractivity contribution in [1.82, 2.24) is 27.4 Å². The van der Waals surface area contributed by atoms with E-state index < -0.39 is 24.7 Å². The van der Waals surface area contributed by atoms with Gasteiger partial charge in [-0.25, -0.2) is 0 Å². The van der Waals surface area contributed by atoms with Gasteiger partial charge in [0.25, 0.3) is 0 Å². The monoisotopic (exact) mass is 2030 g/mol. The Morgan fingerprint density at radius 1 is 0.302 bits per heavy atom. The molecule has 12 aliphatic carbocycles. The van der Waals surface area contributed by atoms with Gasteiger partial charge in [0.05, 0.1) is 33.1 Å². The Morgan fingerprint density at radius 2 is 0.577 bits per heavy atom. The van der Waals surface area contributed by atoms with E-state index in [0.29, 0.717) is 35.5 Å². The van der Waals surface area contributed by atoms with Crippen LogP contribution in [0, 0.1) is 47.3 Å². The number of unbranched alkanes of at least 4 members (excludes halogenated alkanes) is 4. The third kappa shape index (κ3) is 17.9. The van der Waals surface area contributed by atoms with Gasteiger partial charge in [-0.1, -0.05) is 374 Å². The quantitative estimate of drug-likeness (QED) is 0.0564. The zero-order valence-corrected chi connectivity index (χ0v) is 99.2. The van der Waals surface area contributed by atoms with Gasteiger partial charge in [0, 0.05) is 100 Å². The Labute approximate surface area is 902 Å². The minimum atomic E-state index is -1.86. The molecule has 6 fully saturated rings. The lowest BCUT2D eigenvalue weighted by molar-refractivity contribution is 0.138. The molecule has 3 aromatic heterocycles. The average molecular weight is 2040 g/mol. The Kier molecular flexibility index (Phi) is 28.5. The van der Waals surface area contributed by atoms with Gasteiger partial charge in [-0.2, -0.15) is 0 Å². The smallest absolute Gasteiger partial charge is 0.127 e. The third-order valence-corrected chi connectivity index (χ3v) is 55.7. The highest BCUT2D eigenvalue weighted by molar-refractivity contribution is 6.77. The van der Waals surface area contributed by atoms with Crippen LogP contribution in [0.1, 0.15) is 350 Å². The molecule has 12 aliphatic rings. The van der Waals surface area contributed by atoms with E-state index in [0.717, 1.165) is 46.6 Å². The second-order valence-corrected chi connectivity index (χ2v) is 68.3. The fourth-order valence-corrected chi connectivity index (χ4v) is 54.1. The highest BCUT2D eigenvalue weighted by Gasteiger charge is 2.61. The number of aromatic nitrogens is 3. The molecule has 786 valence electrons. The van der Waals surface area contributed by atoms with Crippen molar-refractivity contribution in [2.24, 2.45) is 47.3 Å². The Morgan fingerprint density at radius 3 is 0.893 bits per heavy atom. The molecule has 6 nitrogen and oxygen atoms in total. The number of para-hydroxylation sites is 6. The van der Waals surface area contributed by atoms with E-state index in [9.17, 15) is 0 Å². The summed E-state index contributed by atoms with van der Waals surface area (Å²) in [6.45, 7) is 59.2. The molecule has 11 atom stereocenters. The van der Waals surface area contributed by atoms with Crippen LogP contribution in [0.25, 0.3) is 99.2 Å². The minimum Gasteiger partial charge on any atom is -0.316 e. The first-order chi connectivity index (χ1) is 71.5. The zero-order valence-electron chi connectivity index (χ0n) is 96.2. The molecule has 0 spiro atoms. The van der Waals surface area contributed by atoms with E-state index in [4.69, 9.17) is 0 Å². The number of benzene rings is 9. The van der Waals surface area contributed by atoms with E-state index in [1.54, 1.807) is 39.0 Å². The predicted molar refractivity (Wildman–Crippen MR) is 652 cm³/mol. The molecule has 3 heterocycles. The van der Waals surface area contributed by atoms with Crippen molar-refractivity contribution in [1.29, 1.82) is 0 Å².